The topological polar surface area (TPSA) is 24.5 Å². The van der Waals surface area contributed by atoms with Gasteiger partial charge in [-0.1, -0.05) is 0 Å². The predicted molar refractivity (Wildman–Crippen MR) is 62.1 cm³/mol. The highest BCUT2D eigenvalue weighted by Gasteiger charge is 2.39. The molecule has 2 aliphatic heterocycles. The summed E-state index contributed by atoms with van der Waals surface area (Å²) >= 11 is 0. The van der Waals surface area contributed by atoms with Gasteiger partial charge in [-0.3, -0.25) is 4.90 Å². The molecular weight excluding hydrogens is 188 g/mol. The highest BCUT2D eigenvalue weighted by molar-refractivity contribution is 4.94. The average Bonchev–Trinajstić information content (AvgIpc) is 2.64. The first-order chi connectivity index (χ1) is 7.26. The third kappa shape index (κ3) is 2.52. The molecule has 3 nitrogen and oxygen atoms in total. The Labute approximate surface area is 93.2 Å². The summed E-state index contributed by atoms with van der Waals surface area (Å²) in [7, 11) is 1.80. The molecule has 15 heavy (non-hydrogen) atoms. The second-order valence-corrected chi connectivity index (χ2v) is 5.27. The van der Waals surface area contributed by atoms with Crippen molar-refractivity contribution in [2.75, 3.05) is 39.9 Å². The van der Waals surface area contributed by atoms with Crippen LogP contribution in [0, 0.1) is 5.41 Å². The lowest BCUT2D eigenvalue weighted by Gasteiger charge is -2.34. The number of piperidine rings is 1. The molecule has 1 atom stereocenters. The number of nitrogens with one attached hydrogen (secondary N) is 1. The van der Waals surface area contributed by atoms with E-state index < -0.39 is 0 Å². The first kappa shape index (κ1) is 11.4. The Bertz CT molecular complexity index is 202. The molecule has 2 aliphatic rings. The second kappa shape index (κ2) is 4.81. The summed E-state index contributed by atoms with van der Waals surface area (Å²) in [6.45, 7) is 8.14. The Hall–Kier alpha value is -0.120. The maximum atomic E-state index is 5.24. The molecule has 0 saturated carbocycles. The summed E-state index contributed by atoms with van der Waals surface area (Å²) in [4.78, 5) is 2.61. The minimum Gasteiger partial charge on any atom is -0.383 e. The molecule has 2 saturated heterocycles. The molecule has 88 valence electrons. The monoisotopic (exact) mass is 212 g/mol. The fourth-order valence-electron chi connectivity index (χ4n) is 3.06. The van der Waals surface area contributed by atoms with E-state index in [9.17, 15) is 0 Å². The molecule has 0 aromatic heterocycles. The van der Waals surface area contributed by atoms with Gasteiger partial charge in [0.15, 0.2) is 0 Å². The third-order valence-electron chi connectivity index (χ3n) is 4.16. The van der Waals surface area contributed by atoms with Gasteiger partial charge in [-0.2, -0.15) is 0 Å². The average molecular weight is 212 g/mol. The molecule has 1 unspecified atom stereocenters. The van der Waals surface area contributed by atoms with Gasteiger partial charge in [-0.05, 0) is 51.2 Å². The molecule has 0 aromatic rings. The molecule has 0 amide bonds. The Morgan fingerprint density at radius 3 is 2.73 bits per heavy atom. The summed E-state index contributed by atoms with van der Waals surface area (Å²) < 4.78 is 5.24. The summed E-state index contributed by atoms with van der Waals surface area (Å²) in [6, 6.07) is 0.587. The van der Waals surface area contributed by atoms with Gasteiger partial charge in [-0.15, -0.1) is 0 Å². The smallest absolute Gasteiger partial charge is 0.0615 e. The fourth-order valence-corrected chi connectivity index (χ4v) is 3.06. The minimum absolute atomic E-state index is 0.587. The molecule has 2 heterocycles. The summed E-state index contributed by atoms with van der Waals surface area (Å²) in [5.41, 5.74) is 0.632. The van der Waals surface area contributed by atoms with Crippen molar-refractivity contribution in [3.05, 3.63) is 0 Å². The molecule has 2 rings (SSSR count). The molecular formula is C12H24N2O. The van der Waals surface area contributed by atoms with E-state index in [4.69, 9.17) is 4.74 Å². The molecule has 1 spiro atoms. The van der Waals surface area contributed by atoms with Crippen molar-refractivity contribution in [1.82, 2.24) is 10.2 Å². The van der Waals surface area contributed by atoms with E-state index in [-0.39, 0.29) is 0 Å². The normalized spacial score (nSPS) is 28.4. The van der Waals surface area contributed by atoms with Crippen LogP contribution in [0.15, 0.2) is 0 Å². The zero-order valence-corrected chi connectivity index (χ0v) is 10.1. The van der Waals surface area contributed by atoms with E-state index in [1.54, 1.807) is 7.11 Å². The van der Waals surface area contributed by atoms with Crippen LogP contribution < -0.4 is 5.32 Å². The number of ether oxygens (including phenoxy) is 1. The molecule has 2 fully saturated rings. The molecule has 0 aliphatic carbocycles. The first-order valence-electron chi connectivity index (χ1n) is 6.19. The molecule has 1 N–H and O–H groups in total. The number of methoxy groups -OCH3 is 1. The van der Waals surface area contributed by atoms with E-state index in [0.29, 0.717) is 11.5 Å². The molecule has 3 heteroatoms. The largest absolute Gasteiger partial charge is 0.383 e. The maximum Gasteiger partial charge on any atom is 0.0615 e. The van der Waals surface area contributed by atoms with Crippen LogP contribution in [0.5, 0.6) is 0 Å². The zero-order chi connectivity index (χ0) is 10.7. The number of rotatable bonds is 3. The Morgan fingerprint density at radius 1 is 1.33 bits per heavy atom. The third-order valence-corrected chi connectivity index (χ3v) is 4.16. The fraction of sp³-hybridized carbons (Fsp3) is 1.00. The SMILES string of the molecule is COCC(C)N1CCC2(CCNCC2)C1. The van der Waals surface area contributed by atoms with Gasteiger partial charge in [-0.25, -0.2) is 0 Å². The second-order valence-electron chi connectivity index (χ2n) is 5.27. The van der Waals surface area contributed by atoms with Crippen LogP contribution in [0.2, 0.25) is 0 Å². The van der Waals surface area contributed by atoms with E-state index in [1.807, 2.05) is 0 Å². The van der Waals surface area contributed by atoms with Crippen LogP contribution in [-0.4, -0.2) is 50.8 Å². The van der Waals surface area contributed by atoms with Crippen molar-refractivity contribution >= 4 is 0 Å². The lowest BCUT2D eigenvalue weighted by molar-refractivity contribution is 0.100. The van der Waals surface area contributed by atoms with Crippen molar-refractivity contribution < 1.29 is 4.74 Å². The van der Waals surface area contributed by atoms with Crippen LogP contribution in [0.3, 0.4) is 0 Å². The van der Waals surface area contributed by atoms with Crippen molar-refractivity contribution in [2.45, 2.75) is 32.2 Å². The number of likely N-dealkylation sites (tertiary alicyclic amines) is 1. The van der Waals surface area contributed by atoms with E-state index in [2.05, 4.69) is 17.1 Å². The maximum absolute atomic E-state index is 5.24. The molecule has 0 aromatic carbocycles. The minimum atomic E-state index is 0.587. The van der Waals surface area contributed by atoms with Crippen LogP contribution in [-0.2, 0) is 4.74 Å². The Balaban J connectivity index is 1.87. The number of nitrogens with zero attached hydrogens (tertiary/aromatic N) is 1. The van der Waals surface area contributed by atoms with Gasteiger partial charge in [0.1, 0.15) is 0 Å². The number of hydrogen-bond acceptors (Lipinski definition) is 3. The van der Waals surface area contributed by atoms with Crippen molar-refractivity contribution in [2.24, 2.45) is 5.41 Å². The van der Waals surface area contributed by atoms with Crippen molar-refractivity contribution in [1.29, 1.82) is 0 Å². The molecule has 0 radical (unpaired) electrons. The highest BCUT2D eigenvalue weighted by atomic mass is 16.5. The van der Waals surface area contributed by atoms with Crippen molar-refractivity contribution in [3.63, 3.8) is 0 Å². The van der Waals surface area contributed by atoms with Gasteiger partial charge in [0.25, 0.3) is 0 Å². The van der Waals surface area contributed by atoms with Gasteiger partial charge < -0.3 is 10.1 Å². The van der Waals surface area contributed by atoms with Gasteiger partial charge in [0, 0.05) is 19.7 Å². The quantitative estimate of drug-likeness (QED) is 0.758. The Morgan fingerprint density at radius 2 is 2.07 bits per heavy atom. The standard InChI is InChI=1S/C12H24N2O/c1-11(9-15-2)14-8-5-12(10-14)3-6-13-7-4-12/h11,13H,3-10H2,1-2H3. The lowest BCUT2D eigenvalue weighted by Crippen LogP contribution is -2.41. The van der Waals surface area contributed by atoms with Crippen LogP contribution in [0.25, 0.3) is 0 Å². The Kier molecular flexibility index (Phi) is 3.65. The number of hydrogen-bond donors (Lipinski definition) is 1. The molecule has 0 bridgehead atoms. The van der Waals surface area contributed by atoms with Gasteiger partial charge in [0.05, 0.1) is 6.61 Å². The zero-order valence-electron chi connectivity index (χ0n) is 10.1. The van der Waals surface area contributed by atoms with Crippen LogP contribution in [0.4, 0.5) is 0 Å². The van der Waals surface area contributed by atoms with Gasteiger partial charge in [0.2, 0.25) is 0 Å². The first-order valence-corrected chi connectivity index (χ1v) is 6.19. The van der Waals surface area contributed by atoms with E-state index in [0.717, 1.165) is 6.61 Å². The lowest BCUT2D eigenvalue weighted by atomic mass is 9.78. The van der Waals surface area contributed by atoms with Gasteiger partial charge >= 0.3 is 0 Å². The summed E-state index contributed by atoms with van der Waals surface area (Å²) in [5.74, 6) is 0. The van der Waals surface area contributed by atoms with Crippen LogP contribution in [0.1, 0.15) is 26.2 Å². The van der Waals surface area contributed by atoms with Crippen molar-refractivity contribution in [3.8, 4) is 0 Å². The van der Waals surface area contributed by atoms with Crippen LogP contribution >= 0.6 is 0 Å². The summed E-state index contributed by atoms with van der Waals surface area (Å²) in [6.07, 6.45) is 4.12. The highest BCUT2D eigenvalue weighted by Crippen LogP contribution is 2.39. The van der Waals surface area contributed by atoms with E-state index >= 15 is 0 Å². The summed E-state index contributed by atoms with van der Waals surface area (Å²) in [5, 5.41) is 3.46. The van der Waals surface area contributed by atoms with E-state index in [1.165, 1.54) is 45.4 Å². The predicted octanol–water partition coefficient (Wildman–Crippen LogP) is 1.10.